The zero-order valence-electron chi connectivity index (χ0n) is 16.0. The Morgan fingerprint density at radius 2 is 1.67 bits per heavy atom. The Bertz CT molecular complexity index is 1200. The minimum atomic E-state index is -4.80. The molecule has 10 heteroatoms. The summed E-state index contributed by atoms with van der Waals surface area (Å²) in [6.07, 6.45) is -4.80. The van der Waals surface area contributed by atoms with Crippen LogP contribution in [0.3, 0.4) is 0 Å². The maximum atomic E-state index is 13.6. The fourth-order valence-corrected chi connectivity index (χ4v) is 3.07. The van der Waals surface area contributed by atoms with Gasteiger partial charge < -0.3 is 19.4 Å². The molecule has 0 fully saturated rings. The highest BCUT2D eigenvalue weighted by molar-refractivity contribution is 5.89. The number of benzene rings is 2. The Morgan fingerprint density at radius 3 is 2.23 bits per heavy atom. The van der Waals surface area contributed by atoms with Crippen molar-refractivity contribution in [2.45, 2.75) is 13.1 Å². The van der Waals surface area contributed by atoms with Gasteiger partial charge in [0.2, 0.25) is 5.43 Å². The van der Waals surface area contributed by atoms with Crippen molar-refractivity contribution < 1.29 is 37.4 Å². The monoisotopic (exact) mass is 423 g/mol. The summed E-state index contributed by atoms with van der Waals surface area (Å²) in [5, 5.41) is 10.4. The third kappa shape index (κ3) is 3.51. The second kappa shape index (κ2) is 7.62. The van der Waals surface area contributed by atoms with Crippen molar-refractivity contribution in [3.63, 3.8) is 0 Å². The number of halogens is 3. The Hall–Kier alpha value is -3.69. The number of aromatic nitrogens is 1. The molecule has 158 valence electrons. The van der Waals surface area contributed by atoms with Gasteiger partial charge in [-0.2, -0.15) is 17.9 Å². The van der Waals surface area contributed by atoms with Gasteiger partial charge in [0.1, 0.15) is 5.69 Å². The molecule has 1 N–H and O–H groups in total. The second-order valence-electron chi connectivity index (χ2n) is 6.17. The first-order valence-electron chi connectivity index (χ1n) is 8.49. The zero-order valence-corrected chi connectivity index (χ0v) is 16.0. The van der Waals surface area contributed by atoms with Crippen LogP contribution in [0.25, 0.3) is 22.2 Å². The van der Waals surface area contributed by atoms with Crippen molar-refractivity contribution >= 4 is 16.9 Å². The number of methoxy groups -OCH3 is 2. The number of rotatable bonds is 4. The summed E-state index contributed by atoms with van der Waals surface area (Å²) in [6, 6.07) is 6.80. The molecule has 0 aliphatic rings. The van der Waals surface area contributed by atoms with Crippen molar-refractivity contribution in [1.82, 2.24) is 4.73 Å². The molecular weight excluding hydrogens is 407 g/mol. The number of ether oxygens (including phenoxy) is 2. The van der Waals surface area contributed by atoms with Crippen molar-refractivity contribution in [2.24, 2.45) is 0 Å². The van der Waals surface area contributed by atoms with Gasteiger partial charge in [-0.15, -0.1) is 0 Å². The molecule has 0 unspecified atom stereocenters. The van der Waals surface area contributed by atoms with Crippen LogP contribution >= 0.6 is 0 Å². The molecule has 1 heterocycles. The standard InChI is InChI=1S/C20H16F3NO6/c1-10(25)30-24-14-9-16(29-3)15(28-2)8-12(14)18(26)19(27)17(24)11-6-4-5-7-13(11)20(21,22)23/h4-9,27H,1-3H3. The quantitative estimate of drug-likeness (QED) is 0.692. The molecule has 0 saturated heterocycles. The smallest absolute Gasteiger partial charge is 0.417 e. The lowest BCUT2D eigenvalue weighted by Crippen LogP contribution is -2.23. The van der Waals surface area contributed by atoms with E-state index in [2.05, 4.69) is 0 Å². The summed E-state index contributed by atoms with van der Waals surface area (Å²) < 4.78 is 51.7. The maximum Gasteiger partial charge on any atom is 0.417 e. The van der Waals surface area contributed by atoms with Crippen LogP contribution in [-0.2, 0) is 11.0 Å². The number of alkyl halides is 3. The van der Waals surface area contributed by atoms with Crippen LogP contribution in [0, 0.1) is 0 Å². The Balaban J connectivity index is 2.54. The molecule has 0 aliphatic heterocycles. The van der Waals surface area contributed by atoms with Gasteiger partial charge >= 0.3 is 12.1 Å². The van der Waals surface area contributed by atoms with Crippen LogP contribution in [0.1, 0.15) is 12.5 Å². The molecule has 3 rings (SSSR count). The first-order chi connectivity index (χ1) is 14.1. The van der Waals surface area contributed by atoms with Crippen molar-refractivity contribution in [1.29, 1.82) is 0 Å². The van der Waals surface area contributed by atoms with Crippen LogP contribution in [0.15, 0.2) is 41.2 Å². The van der Waals surface area contributed by atoms with E-state index in [1.165, 1.54) is 32.4 Å². The molecule has 0 atom stereocenters. The largest absolute Gasteiger partial charge is 0.503 e. The third-order valence-electron chi connectivity index (χ3n) is 4.32. The molecule has 0 amide bonds. The van der Waals surface area contributed by atoms with Crippen LogP contribution in [0.5, 0.6) is 17.2 Å². The molecule has 0 aliphatic carbocycles. The van der Waals surface area contributed by atoms with E-state index in [1.54, 1.807) is 0 Å². The average molecular weight is 423 g/mol. The number of fused-ring (bicyclic) bond motifs is 1. The number of pyridine rings is 1. The molecule has 1 aromatic heterocycles. The van der Waals surface area contributed by atoms with Gasteiger partial charge in [0.15, 0.2) is 17.2 Å². The molecule has 0 spiro atoms. The minimum absolute atomic E-state index is 0.0994. The summed E-state index contributed by atoms with van der Waals surface area (Å²) in [5.74, 6) is -1.64. The van der Waals surface area contributed by atoms with Crippen LogP contribution in [0.4, 0.5) is 13.2 Å². The summed E-state index contributed by atoms with van der Waals surface area (Å²) >= 11 is 0. The van der Waals surface area contributed by atoms with E-state index in [1.807, 2.05) is 0 Å². The molecule has 2 aromatic carbocycles. The van der Waals surface area contributed by atoms with Crippen molar-refractivity contribution in [3.05, 3.63) is 52.2 Å². The van der Waals surface area contributed by atoms with Gasteiger partial charge in [0.05, 0.1) is 30.7 Å². The molecular formula is C20H16F3NO6. The van der Waals surface area contributed by atoms with E-state index < -0.39 is 40.1 Å². The second-order valence-corrected chi connectivity index (χ2v) is 6.17. The summed E-state index contributed by atoms with van der Waals surface area (Å²) in [4.78, 5) is 29.6. The number of hydrogen-bond donors (Lipinski definition) is 1. The highest BCUT2D eigenvalue weighted by Crippen LogP contribution is 2.41. The molecule has 0 bridgehead atoms. The topological polar surface area (TPSA) is 87.0 Å². The molecule has 30 heavy (non-hydrogen) atoms. The Labute approximate surface area is 167 Å². The molecule has 0 radical (unpaired) electrons. The lowest BCUT2D eigenvalue weighted by atomic mass is 10.0. The number of carbonyl (C=O) groups excluding carboxylic acids is 1. The number of carbonyl (C=O) groups is 1. The predicted octanol–water partition coefficient (Wildman–Crippen LogP) is 3.39. The number of aromatic hydroxyl groups is 1. The van der Waals surface area contributed by atoms with Crippen LogP contribution < -0.4 is 19.7 Å². The first-order valence-corrected chi connectivity index (χ1v) is 8.49. The van der Waals surface area contributed by atoms with Crippen molar-refractivity contribution in [3.8, 4) is 28.5 Å². The Morgan fingerprint density at radius 1 is 1.07 bits per heavy atom. The SMILES string of the molecule is COc1cc2c(=O)c(O)c(-c3ccccc3C(F)(F)F)n(OC(C)=O)c2cc1OC. The highest BCUT2D eigenvalue weighted by atomic mass is 19.4. The van der Waals surface area contributed by atoms with E-state index in [0.29, 0.717) is 4.73 Å². The molecule has 7 nitrogen and oxygen atoms in total. The van der Waals surface area contributed by atoms with Gasteiger partial charge in [0, 0.05) is 18.6 Å². The minimum Gasteiger partial charge on any atom is -0.503 e. The lowest BCUT2D eigenvalue weighted by Gasteiger charge is -2.20. The summed E-state index contributed by atoms with van der Waals surface area (Å²) in [5.41, 5.74) is -3.36. The number of nitrogens with zero attached hydrogens (tertiary/aromatic N) is 1. The van der Waals surface area contributed by atoms with E-state index in [4.69, 9.17) is 14.3 Å². The predicted molar refractivity (Wildman–Crippen MR) is 101 cm³/mol. The average Bonchev–Trinajstić information content (AvgIpc) is 2.70. The van der Waals surface area contributed by atoms with E-state index in [-0.39, 0.29) is 22.4 Å². The van der Waals surface area contributed by atoms with Gasteiger partial charge in [-0.1, -0.05) is 18.2 Å². The van der Waals surface area contributed by atoms with Gasteiger partial charge in [-0.25, -0.2) is 4.79 Å². The van der Waals surface area contributed by atoms with Gasteiger partial charge in [0.25, 0.3) is 0 Å². The van der Waals surface area contributed by atoms with E-state index in [9.17, 15) is 27.9 Å². The normalized spacial score (nSPS) is 11.4. The fourth-order valence-electron chi connectivity index (χ4n) is 3.07. The van der Waals surface area contributed by atoms with Crippen LogP contribution in [-0.4, -0.2) is 30.0 Å². The highest BCUT2D eigenvalue weighted by Gasteiger charge is 2.36. The maximum absolute atomic E-state index is 13.6. The third-order valence-corrected chi connectivity index (χ3v) is 4.32. The molecule has 3 aromatic rings. The molecule has 0 saturated carbocycles. The Kier molecular flexibility index (Phi) is 5.34. The van der Waals surface area contributed by atoms with E-state index >= 15 is 0 Å². The lowest BCUT2D eigenvalue weighted by molar-refractivity contribution is -0.140. The summed E-state index contributed by atoms with van der Waals surface area (Å²) in [6.45, 7) is 1.03. The van der Waals surface area contributed by atoms with E-state index in [0.717, 1.165) is 25.1 Å². The number of hydrogen-bond acceptors (Lipinski definition) is 6. The van der Waals surface area contributed by atoms with Crippen molar-refractivity contribution in [2.75, 3.05) is 14.2 Å². The first kappa shape index (κ1) is 21.0. The van der Waals surface area contributed by atoms with Crippen LogP contribution in [0.2, 0.25) is 0 Å². The zero-order chi connectivity index (χ0) is 22.2. The fraction of sp³-hybridized carbons (Fsp3) is 0.200. The summed E-state index contributed by atoms with van der Waals surface area (Å²) in [7, 11) is 2.64. The van der Waals surface area contributed by atoms with Gasteiger partial charge in [-0.05, 0) is 12.1 Å². The van der Waals surface area contributed by atoms with Gasteiger partial charge in [-0.3, -0.25) is 4.79 Å².